The number of nitrogens with one attached hydrogen (secondary N) is 1. The Bertz CT molecular complexity index is 228. The molecule has 0 aliphatic rings. The minimum absolute atomic E-state index is 0.202. The van der Waals surface area contributed by atoms with E-state index in [9.17, 15) is 4.79 Å². The summed E-state index contributed by atoms with van der Waals surface area (Å²) in [7, 11) is 0. The highest BCUT2D eigenvalue weighted by Gasteiger charge is 2.13. The number of ether oxygens (including phenoxy) is 2. The third-order valence-corrected chi connectivity index (χ3v) is 1.30. The van der Waals surface area contributed by atoms with Crippen LogP contribution in [0.4, 0.5) is 4.79 Å². The molecule has 5 heteroatoms. The highest BCUT2D eigenvalue weighted by Crippen LogP contribution is 1.98. The molecule has 0 aliphatic carbocycles. The van der Waals surface area contributed by atoms with E-state index in [1.165, 1.54) is 0 Å². The molecule has 1 amide bonds. The van der Waals surface area contributed by atoms with Gasteiger partial charge in [-0.1, -0.05) is 0 Å². The molecule has 0 spiro atoms. The van der Waals surface area contributed by atoms with Gasteiger partial charge in [0.05, 0.1) is 25.7 Å². The lowest BCUT2D eigenvalue weighted by Gasteiger charge is -2.19. The Labute approximate surface area is 90.4 Å². The van der Waals surface area contributed by atoms with Gasteiger partial charge in [-0.25, -0.2) is 4.79 Å². The van der Waals surface area contributed by atoms with Crippen molar-refractivity contribution in [1.82, 2.24) is 5.32 Å². The summed E-state index contributed by atoms with van der Waals surface area (Å²) in [6.45, 7) is 6.51. The number of nitriles is 1. The summed E-state index contributed by atoms with van der Waals surface area (Å²) in [6.07, 6.45) is -0.0971. The Hall–Kier alpha value is -1.28. The minimum atomic E-state index is -0.452. The van der Waals surface area contributed by atoms with Gasteiger partial charge in [0.1, 0.15) is 6.61 Å². The van der Waals surface area contributed by atoms with Crippen LogP contribution >= 0.6 is 0 Å². The second-order valence-electron chi connectivity index (χ2n) is 4.03. The molecule has 0 aromatic rings. The normalized spacial score (nSPS) is 10.5. The van der Waals surface area contributed by atoms with Crippen molar-refractivity contribution < 1.29 is 14.3 Å². The average Bonchev–Trinajstić information content (AvgIpc) is 2.08. The standard InChI is InChI=1S/C10H18N2O3/c1-10(2,3)12-9(13)15-8-7-14-6-4-5-11/h4,6-8H2,1-3H3,(H,12,13). The van der Waals surface area contributed by atoms with E-state index < -0.39 is 6.09 Å². The van der Waals surface area contributed by atoms with Crippen LogP contribution in [0.25, 0.3) is 0 Å². The van der Waals surface area contributed by atoms with Gasteiger partial charge >= 0.3 is 6.09 Å². The summed E-state index contributed by atoms with van der Waals surface area (Å²) in [5.41, 5.74) is -0.293. The molecule has 1 N–H and O–H groups in total. The van der Waals surface area contributed by atoms with Crippen LogP contribution in [-0.2, 0) is 9.47 Å². The van der Waals surface area contributed by atoms with Crippen molar-refractivity contribution in [2.45, 2.75) is 32.7 Å². The first-order chi connectivity index (χ1) is 6.95. The van der Waals surface area contributed by atoms with E-state index in [2.05, 4.69) is 5.32 Å². The molecule has 0 aliphatic heterocycles. The molecular formula is C10H18N2O3. The van der Waals surface area contributed by atoms with Gasteiger partial charge in [-0.2, -0.15) is 5.26 Å². The van der Waals surface area contributed by atoms with Crippen molar-refractivity contribution in [3.05, 3.63) is 0 Å². The van der Waals surface area contributed by atoms with Crippen LogP contribution < -0.4 is 5.32 Å². The number of amides is 1. The maximum Gasteiger partial charge on any atom is 0.407 e. The first kappa shape index (κ1) is 13.7. The van der Waals surface area contributed by atoms with Crippen LogP contribution in [-0.4, -0.2) is 31.5 Å². The van der Waals surface area contributed by atoms with E-state index in [1.807, 2.05) is 26.8 Å². The smallest absolute Gasteiger partial charge is 0.407 e. The zero-order valence-electron chi connectivity index (χ0n) is 9.50. The monoisotopic (exact) mass is 214 g/mol. The topological polar surface area (TPSA) is 71.3 Å². The van der Waals surface area contributed by atoms with Gasteiger partial charge in [-0.15, -0.1) is 0 Å². The maximum atomic E-state index is 11.1. The van der Waals surface area contributed by atoms with E-state index in [-0.39, 0.29) is 12.1 Å². The fraction of sp³-hybridized carbons (Fsp3) is 0.800. The van der Waals surface area contributed by atoms with E-state index >= 15 is 0 Å². The number of hydrogen-bond acceptors (Lipinski definition) is 4. The van der Waals surface area contributed by atoms with Crippen LogP contribution in [0.1, 0.15) is 27.2 Å². The molecule has 15 heavy (non-hydrogen) atoms. The van der Waals surface area contributed by atoms with E-state index in [4.69, 9.17) is 14.7 Å². The summed E-state index contributed by atoms with van der Waals surface area (Å²) < 4.78 is 9.87. The van der Waals surface area contributed by atoms with Gasteiger partial charge < -0.3 is 14.8 Å². The maximum absolute atomic E-state index is 11.1. The first-order valence-corrected chi connectivity index (χ1v) is 4.85. The van der Waals surface area contributed by atoms with Gasteiger partial charge in [0.25, 0.3) is 0 Å². The molecule has 0 heterocycles. The number of carbonyl (C=O) groups is 1. The molecule has 0 fully saturated rings. The third-order valence-electron chi connectivity index (χ3n) is 1.30. The molecule has 0 radical (unpaired) electrons. The third kappa shape index (κ3) is 10.6. The van der Waals surface area contributed by atoms with Crippen molar-refractivity contribution in [3.63, 3.8) is 0 Å². The molecule has 0 saturated heterocycles. The first-order valence-electron chi connectivity index (χ1n) is 4.85. The lowest BCUT2D eigenvalue weighted by Crippen LogP contribution is -2.41. The molecule has 0 unspecified atom stereocenters. The number of alkyl carbamates (subject to hydrolysis) is 1. The fourth-order valence-corrected chi connectivity index (χ4v) is 0.755. The van der Waals surface area contributed by atoms with Crippen molar-refractivity contribution in [2.75, 3.05) is 19.8 Å². The van der Waals surface area contributed by atoms with Crippen molar-refractivity contribution >= 4 is 6.09 Å². The Morgan fingerprint density at radius 3 is 2.53 bits per heavy atom. The molecule has 0 atom stereocenters. The average molecular weight is 214 g/mol. The zero-order chi connectivity index (χ0) is 11.7. The molecule has 0 aromatic carbocycles. The predicted molar refractivity (Wildman–Crippen MR) is 55.3 cm³/mol. The van der Waals surface area contributed by atoms with Crippen LogP contribution in [0.15, 0.2) is 0 Å². The largest absolute Gasteiger partial charge is 0.447 e. The fourth-order valence-electron chi connectivity index (χ4n) is 0.755. The second-order valence-corrected chi connectivity index (χ2v) is 4.03. The molecular weight excluding hydrogens is 196 g/mol. The quantitative estimate of drug-likeness (QED) is 0.703. The highest BCUT2D eigenvalue weighted by molar-refractivity contribution is 5.67. The van der Waals surface area contributed by atoms with Crippen molar-refractivity contribution in [2.24, 2.45) is 0 Å². The molecule has 86 valence electrons. The predicted octanol–water partition coefficient (Wildman–Crippen LogP) is 1.44. The van der Waals surface area contributed by atoms with Gasteiger partial charge in [0.15, 0.2) is 0 Å². The highest BCUT2D eigenvalue weighted by atomic mass is 16.6. The van der Waals surface area contributed by atoms with E-state index in [0.29, 0.717) is 19.6 Å². The van der Waals surface area contributed by atoms with E-state index in [1.54, 1.807) is 0 Å². The molecule has 0 aromatic heterocycles. The lowest BCUT2D eigenvalue weighted by molar-refractivity contribution is 0.0724. The van der Waals surface area contributed by atoms with Gasteiger partial charge in [-0.05, 0) is 20.8 Å². The molecule has 5 nitrogen and oxygen atoms in total. The zero-order valence-corrected chi connectivity index (χ0v) is 9.50. The number of hydrogen-bond donors (Lipinski definition) is 1. The van der Waals surface area contributed by atoms with Gasteiger partial charge in [-0.3, -0.25) is 0 Å². The Morgan fingerprint density at radius 1 is 1.33 bits per heavy atom. The van der Waals surface area contributed by atoms with Crippen molar-refractivity contribution in [1.29, 1.82) is 5.26 Å². The van der Waals surface area contributed by atoms with Crippen molar-refractivity contribution in [3.8, 4) is 6.07 Å². The second kappa shape index (κ2) is 7.07. The van der Waals surface area contributed by atoms with Gasteiger partial charge in [0, 0.05) is 5.54 Å². The summed E-state index contributed by atoms with van der Waals surface area (Å²) in [6, 6.07) is 1.95. The Balaban J connectivity index is 3.37. The summed E-state index contributed by atoms with van der Waals surface area (Å²) in [4.78, 5) is 11.1. The van der Waals surface area contributed by atoms with Crippen LogP contribution in [0.2, 0.25) is 0 Å². The minimum Gasteiger partial charge on any atom is -0.447 e. The Kier molecular flexibility index (Phi) is 6.47. The molecule has 0 rings (SSSR count). The lowest BCUT2D eigenvalue weighted by atomic mass is 10.1. The van der Waals surface area contributed by atoms with Crippen LogP contribution in [0.3, 0.4) is 0 Å². The van der Waals surface area contributed by atoms with Crippen LogP contribution in [0, 0.1) is 11.3 Å². The van der Waals surface area contributed by atoms with Crippen LogP contribution in [0.5, 0.6) is 0 Å². The summed E-state index contributed by atoms with van der Waals surface area (Å²) in [5, 5.41) is 10.9. The summed E-state index contributed by atoms with van der Waals surface area (Å²) >= 11 is 0. The SMILES string of the molecule is CC(C)(C)NC(=O)OCCOCCC#N. The number of nitrogens with zero attached hydrogens (tertiary/aromatic N) is 1. The summed E-state index contributed by atoms with van der Waals surface area (Å²) in [5.74, 6) is 0. The molecule has 0 saturated carbocycles. The molecule has 0 bridgehead atoms. The number of rotatable bonds is 5. The van der Waals surface area contributed by atoms with Gasteiger partial charge in [0.2, 0.25) is 0 Å². The van der Waals surface area contributed by atoms with E-state index in [0.717, 1.165) is 0 Å². The Morgan fingerprint density at radius 2 is 2.00 bits per heavy atom. The number of carbonyl (C=O) groups excluding carboxylic acids is 1.